The van der Waals surface area contributed by atoms with Gasteiger partial charge in [0.05, 0.1) is 0 Å². The summed E-state index contributed by atoms with van der Waals surface area (Å²) in [5.74, 6) is 0. The molecule has 0 aliphatic heterocycles. The van der Waals surface area contributed by atoms with Gasteiger partial charge >= 0.3 is 7.32 Å². The Labute approximate surface area is 79.8 Å². The molecule has 0 aliphatic carbocycles. The van der Waals surface area contributed by atoms with Crippen LogP contribution in [0.15, 0.2) is 0 Å². The Morgan fingerprint density at radius 1 is 0.833 bits per heavy atom. The van der Waals surface area contributed by atoms with Crippen LogP contribution in [0, 0.1) is 0 Å². The average Bonchev–Trinajstić information content (AvgIpc) is 1.38. The van der Waals surface area contributed by atoms with Crippen molar-refractivity contribution in [3.63, 3.8) is 0 Å². The van der Waals surface area contributed by atoms with Gasteiger partial charge in [0.2, 0.25) is 0 Å². The molecule has 0 atom stereocenters. The normalized spacial score (nSPS) is 3.25. The molecule has 0 bridgehead atoms. The fraction of sp³-hybridized carbons (Fsp3) is 0. The van der Waals surface area contributed by atoms with Gasteiger partial charge in [-0.25, -0.2) is 0 Å². The number of hydrogen-bond acceptors (Lipinski definition) is 3. The van der Waals surface area contributed by atoms with Crippen LogP contribution in [0.2, 0.25) is 0 Å². The van der Waals surface area contributed by atoms with Gasteiger partial charge in [0.25, 0.3) is 0 Å². The zero-order chi connectivity index (χ0) is 4.28. The smallest absolute Gasteiger partial charge is 0.412 e. The molecule has 12 heteroatoms. The molecule has 0 unspecified atom stereocenters. The van der Waals surface area contributed by atoms with Crippen molar-refractivity contribution in [2.45, 2.75) is 0 Å². The Kier molecular flexibility index (Phi) is 467. The van der Waals surface area contributed by atoms with E-state index >= 15 is 0 Å². The molecule has 0 aromatic heterocycles. The van der Waals surface area contributed by atoms with Crippen LogP contribution in [0.25, 0.3) is 0 Å². The number of halogens is 1. The first-order valence-corrected chi connectivity index (χ1v) is 0.906. The van der Waals surface area contributed by atoms with E-state index in [1.807, 2.05) is 0 Å². The van der Waals surface area contributed by atoms with Crippen LogP contribution in [0.4, 0.5) is 4.53 Å². The van der Waals surface area contributed by atoms with Crippen molar-refractivity contribution in [2.75, 3.05) is 0 Å². The van der Waals surface area contributed by atoms with E-state index in [1.165, 1.54) is 0 Å². The van der Waals surface area contributed by atoms with E-state index in [-0.39, 0.29) is 52.3 Å². The third-order valence-corrected chi connectivity index (χ3v) is 0.0797. The molecule has 0 saturated carbocycles. The fourth-order valence-electron chi connectivity index (χ4n) is 0. The van der Waals surface area contributed by atoms with Crippen molar-refractivity contribution in [3.8, 4) is 0 Å². The third-order valence-electron chi connectivity index (χ3n) is 0.0797. The number of rotatable bonds is 1. The van der Waals surface area contributed by atoms with Crippen LogP contribution in [-0.4, -0.2) is 50.2 Å². The first-order chi connectivity index (χ1) is 2.27. The average molecular weight is 253 g/mol. The quantitative estimate of drug-likeness (QED) is 0.433. The Morgan fingerprint density at radius 3 is 0.917 bits per heavy atom. The largest absolute Gasteiger partial charge is 0.667 e. The second-order valence-electron chi connectivity index (χ2n) is 0.415. The second kappa shape index (κ2) is 65.3. The Hall–Kier alpha value is 0.258. The fourth-order valence-corrected chi connectivity index (χ4v) is 0. The van der Waals surface area contributed by atoms with Crippen molar-refractivity contribution in [2.24, 2.45) is 0 Å². The molecule has 0 rings (SSSR count). The molecule has 0 radical (unpaired) electrons. The maximum absolute atomic E-state index is 10.1. The second-order valence-corrected chi connectivity index (χ2v) is 0.415. The molecule has 12 heavy (non-hydrogen) atoms. The minimum Gasteiger partial charge on any atom is -0.412 e. The van der Waals surface area contributed by atoms with Gasteiger partial charge in [0.15, 0.2) is 0 Å². The van der Waals surface area contributed by atoms with E-state index in [2.05, 4.69) is 4.86 Å². The van der Waals surface area contributed by atoms with E-state index in [4.69, 9.17) is 10.0 Å². The molecule has 9 nitrogen and oxygen atoms in total. The summed E-state index contributed by atoms with van der Waals surface area (Å²) in [6.45, 7) is 0. The Balaban J connectivity index is -0.00000000381. The van der Waals surface area contributed by atoms with Gasteiger partial charge < -0.3 is 42.9 Å². The van der Waals surface area contributed by atoms with Gasteiger partial charge in [-0.3, -0.25) is 0 Å². The molecular weight excluding hydrogens is 239 g/mol. The minimum atomic E-state index is -2.28. The van der Waals surface area contributed by atoms with E-state index in [9.17, 15) is 4.53 Å². The molecule has 0 aromatic rings. The summed E-state index contributed by atoms with van der Waals surface area (Å²) in [5, 5.41) is 14.6. The van der Waals surface area contributed by atoms with E-state index in [1.54, 1.807) is 0 Å². The van der Waals surface area contributed by atoms with E-state index < -0.39 is 7.32 Å². The molecule has 0 aliphatic rings. The summed E-state index contributed by atoms with van der Waals surface area (Å²) in [6, 6.07) is 0. The first-order valence-electron chi connectivity index (χ1n) is 0.906. The molecule has 0 saturated heterocycles. The minimum absolute atomic E-state index is 0. The van der Waals surface area contributed by atoms with Crippen molar-refractivity contribution < 1.29 is 71.8 Å². The standard InChI is InChI=1S/BFH2O3.6H2O.Zn/c2-5-1(3)4;;;;;;;/h3-4H;6*1H2;. The SMILES string of the molecule is O.O.O.O.O.O.OB(O)OF.[Zn]. The van der Waals surface area contributed by atoms with Gasteiger partial charge in [-0.15, -0.1) is 0 Å². The predicted octanol–water partition coefficient (Wildman–Crippen LogP) is -6.09. The van der Waals surface area contributed by atoms with E-state index in [0.717, 1.165) is 0 Å². The van der Waals surface area contributed by atoms with Crippen LogP contribution in [0.1, 0.15) is 0 Å². The summed E-state index contributed by atoms with van der Waals surface area (Å²) in [4.78, 5) is 2.36. The maximum atomic E-state index is 10.1. The van der Waals surface area contributed by atoms with Gasteiger partial charge in [-0.2, -0.15) is 4.86 Å². The molecule has 0 spiro atoms. The van der Waals surface area contributed by atoms with Gasteiger partial charge in [-0.05, 0) is 0 Å². The van der Waals surface area contributed by atoms with Crippen LogP contribution in [-0.2, 0) is 24.3 Å². The van der Waals surface area contributed by atoms with Crippen molar-refractivity contribution in [3.05, 3.63) is 0 Å². The molecular formula is H14BFO9Zn. The zero-order valence-electron chi connectivity index (χ0n) is 5.97. The van der Waals surface area contributed by atoms with Crippen LogP contribution in [0.3, 0.4) is 0 Å². The summed E-state index contributed by atoms with van der Waals surface area (Å²) >= 11 is 0. The monoisotopic (exact) mass is 252 g/mol. The third kappa shape index (κ3) is 172. The van der Waals surface area contributed by atoms with Crippen molar-refractivity contribution in [1.29, 1.82) is 0 Å². The molecule has 0 aromatic carbocycles. The van der Waals surface area contributed by atoms with Gasteiger partial charge in [-0.1, -0.05) is 4.53 Å². The topological polar surface area (TPSA) is 239 Å². The van der Waals surface area contributed by atoms with Gasteiger partial charge in [0, 0.05) is 19.5 Å². The predicted molar refractivity (Wildman–Crippen MR) is 34.1 cm³/mol. The Morgan fingerprint density at radius 2 is 0.917 bits per heavy atom. The molecule has 0 amide bonds. The summed E-state index contributed by atoms with van der Waals surface area (Å²) in [7, 11) is -2.28. The van der Waals surface area contributed by atoms with Crippen LogP contribution < -0.4 is 0 Å². The first kappa shape index (κ1) is 85.7. The summed E-state index contributed by atoms with van der Waals surface area (Å²) in [6.07, 6.45) is 0. The van der Waals surface area contributed by atoms with E-state index in [0.29, 0.717) is 0 Å². The van der Waals surface area contributed by atoms with Crippen molar-refractivity contribution in [1.82, 2.24) is 0 Å². The molecule has 0 fully saturated rings. The summed E-state index contributed by atoms with van der Waals surface area (Å²) < 4.78 is 10.1. The van der Waals surface area contributed by atoms with Crippen molar-refractivity contribution >= 4 is 7.32 Å². The van der Waals surface area contributed by atoms with Crippen LogP contribution >= 0.6 is 0 Å². The molecule has 80 valence electrons. The molecule has 0 heterocycles. The van der Waals surface area contributed by atoms with Crippen LogP contribution in [0.5, 0.6) is 0 Å². The maximum Gasteiger partial charge on any atom is 0.667 e. The number of hydrogen-bond donors (Lipinski definition) is 2. The summed E-state index contributed by atoms with van der Waals surface area (Å²) in [5.41, 5.74) is 0. The zero-order valence-corrected chi connectivity index (χ0v) is 8.93. The van der Waals surface area contributed by atoms with Gasteiger partial charge in [0.1, 0.15) is 0 Å². The molecule has 14 N–H and O–H groups in total. The Bertz CT molecular complexity index is 28.5.